The van der Waals surface area contributed by atoms with E-state index in [0.717, 1.165) is 29.3 Å². The molecule has 0 aliphatic heterocycles. The molecule has 0 fully saturated rings. The summed E-state index contributed by atoms with van der Waals surface area (Å²) in [7, 11) is 0. The lowest BCUT2D eigenvalue weighted by Gasteiger charge is -2.31. The van der Waals surface area contributed by atoms with Gasteiger partial charge in [0.1, 0.15) is 0 Å². The molecule has 2 aromatic rings. The fraction of sp³-hybridized carbons (Fsp3) is 0.278. The van der Waals surface area contributed by atoms with Gasteiger partial charge in [-0.1, -0.05) is 41.4 Å². The van der Waals surface area contributed by atoms with Crippen LogP contribution in [0.5, 0.6) is 0 Å². The van der Waals surface area contributed by atoms with Crippen LogP contribution in [0.2, 0.25) is 10.0 Å². The molecule has 0 spiro atoms. The molecule has 2 aromatic carbocycles. The minimum Gasteiger partial charge on any atom is -0.198 e. The predicted octanol–water partition coefficient (Wildman–Crippen LogP) is 5.53. The molecular formula is C18H15Cl2N. The molecule has 3 heteroatoms. The maximum absolute atomic E-state index is 9.04. The van der Waals surface area contributed by atoms with E-state index in [1.165, 1.54) is 16.7 Å². The van der Waals surface area contributed by atoms with Gasteiger partial charge in [-0.2, -0.15) is 5.26 Å². The quantitative estimate of drug-likeness (QED) is 0.730. The fourth-order valence-corrected chi connectivity index (χ4v) is 3.74. The van der Waals surface area contributed by atoms with E-state index < -0.39 is 0 Å². The van der Waals surface area contributed by atoms with Gasteiger partial charge < -0.3 is 0 Å². The zero-order valence-corrected chi connectivity index (χ0v) is 13.1. The van der Waals surface area contributed by atoms with Gasteiger partial charge in [-0.3, -0.25) is 0 Å². The van der Waals surface area contributed by atoms with Gasteiger partial charge in [0.15, 0.2) is 0 Å². The summed E-state index contributed by atoms with van der Waals surface area (Å²) >= 11 is 12.2. The van der Waals surface area contributed by atoms with Crippen molar-refractivity contribution in [3.8, 4) is 6.07 Å². The van der Waals surface area contributed by atoms with E-state index >= 15 is 0 Å². The van der Waals surface area contributed by atoms with Crippen LogP contribution in [-0.2, 0) is 11.8 Å². The molecule has 1 nitrogen and oxygen atoms in total. The van der Waals surface area contributed by atoms with Gasteiger partial charge in [-0.25, -0.2) is 0 Å². The van der Waals surface area contributed by atoms with E-state index in [9.17, 15) is 0 Å². The Hall–Kier alpha value is -1.49. The van der Waals surface area contributed by atoms with Crippen LogP contribution in [0.25, 0.3) is 0 Å². The summed E-state index contributed by atoms with van der Waals surface area (Å²) in [5, 5.41) is 10.5. The van der Waals surface area contributed by atoms with Gasteiger partial charge >= 0.3 is 0 Å². The molecule has 106 valence electrons. The molecule has 3 rings (SSSR count). The number of hydrogen-bond donors (Lipinski definition) is 0. The largest absolute Gasteiger partial charge is 0.198 e. The number of rotatable bonds is 3. The summed E-state index contributed by atoms with van der Waals surface area (Å²) in [4.78, 5) is 0. The number of halogens is 2. The second-order valence-electron chi connectivity index (χ2n) is 5.55. The Morgan fingerprint density at radius 1 is 1.05 bits per heavy atom. The Kier molecular flexibility index (Phi) is 3.93. The van der Waals surface area contributed by atoms with Crippen LogP contribution in [0, 0.1) is 11.3 Å². The summed E-state index contributed by atoms with van der Waals surface area (Å²) < 4.78 is 0. The van der Waals surface area contributed by atoms with Gasteiger partial charge in [-0.15, -0.1) is 0 Å². The van der Waals surface area contributed by atoms with E-state index in [0.29, 0.717) is 6.42 Å². The standard InChI is InChI=1S/C18H15Cl2N/c19-15-6-3-14(4-7-15)18(9-1-11-21)10-8-13-2-5-16(20)12-17(13)18/h2-7,12H,1,8-10H2/t18-/m1/s1. The summed E-state index contributed by atoms with van der Waals surface area (Å²) in [5.74, 6) is 0. The Morgan fingerprint density at radius 3 is 2.48 bits per heavy atom. The van der Waals surface area contributed by atoms with Crippen molar-refractivity contribution < 1.29 is 0 Å². The molecule has 1 atom stereocenters. The zero-order valence-electron chi connectivity index (χ0n) is 11.6. The average Bonchev–Trinajstić information content (AvgIpc) is 2.85. The summed E-state index contributed by atoms with van der Waals surface area (Å²) in [6.07, 6.45) is 3.40. The van der Waals surface area contributed by atoms with Gasteiger partial charge in [-0.05, 0) is 60.2 Å². The molecule has 0 unspecified atom stereocenters. The van der Waals surface area contributed by atoms with Crippen molar-refractivity contribution in [3.05, 3.63) is 69.2 Å². The SMILES string of the molecule is N#CCC[C@]1(c2ccc(Cl)cc2)CCc2ccc(Cl)cc21. The van der Waals surface area contributed by atoms with E-state index in [-0.39, 0.29) is 5.41 Å². The van der Waals surface area contributed by atoms with Crippen LogP contribution in [-0.4, -0.2) is 0 Å². The van der Waals surface area contributed by atoms with E-state index in [2.05, 4.69) is 30.3 Å². The Balaban J connectivity index is 2.14. The van der Waals surface area contributed by atoms with Crippen molar-refractivity contribution in [2.24, 2.45) is 0 Å². The highest BCUT2D eigenvalue weighted by molar-refractivity contribution is 6.31. The normalized spacial score (nSPS) is 20.0. The molecule has 21 heavy (non-hydrogen) atoms. The lowest BCUT2D eigenvalue weighted by atomic mass is 9.72. The van der Waals surface area contributed by atoms with Crippen molar-refractivity contribution in [1.82, 2.24) is 0 Å². The number of nitriles is 1. The first-order valence-corrected chi connectivity index (χ1v) is 7.83. The first-order chi connectivity index (χ1) is 10.2. The lowest BCUT2D eigenvalue weighted by Crippen LogP contribution is -2.24. The maximum Gasteiger partial charge on any atom is 0.0622 e. The molecular weight excluding hydrogens is 301 g/mol. The Labute approximate surface area is 135 Å². The van der Waals surface area contributed by atoms with Crippen molar-refractivity contribution in [3.63, 3.8) is 0 Å². The molecule has 0 saturated heterocycles. The molecule has 0 radical (unpaired) electrons. The highest BCUT2D eigenvalue weighted by Crippen LogP contribution is 2.48. The topological polar surface area (TPSA) is 23.8 Å². The predicted molar refractivity (Wildman–Crippen MR) is 86.9 cm³/mol. The van der Waals surface area contributed by atoms with Crippen LogP contribution >= 0.6 is 23.2 Å². The van der Waals surface area contributed by atoms with Gasteiger partial charge in [0.25, 0.3) is 0 Å². The number of benzene rings is 2. The molecule has 1 aliphatic rings. The monoisotopic (exact) mass is 315 g/mol. The summed E-state index contributed by atoms with van der Waals surface area (Å²) in [5.41, 5.74) is 3.73. The first-order valence-electron chi connectivity index (χ1n) is 7.08. The van der Waals surface area contributed by atoms with E-state index in [4.69, 9.17) is 28.5 Å². The molecule has 0 bridgehead atoms. The zero-order chi connectivity index (χ0) is 14.9. The van der Waals surface area contributed by atoms with Gasteiger partial charge in [0.05, 0.1) is 6.07 Å². The van der Waals surface area contributed by atoms with Crippen LogP contribution in [0.15, 0.2) is 42.5 Å². The molecule has 0 N–H and O–H groups in total. The lowest BCUT2D eigenvalue weighted by molar-refractivity contribution is 0.476. The molecule has 0 heterocycles. The molecule has 0 aromatic heterocycles. The van der Waals surface area contributed by atoms with Crippen molar-refractivity contribution >= 4 is 23.2 Å². The average molecular weight is 316 g/mol. The van der Waals surface area contributed by atoms with Crippen LogP contribution in [0.1, 0.15) is 36.0 Å². The van der Waals surface area contributed by atoms with Gasteiger partial charge in [0, 0.05) is 21.9 Å². The third-order valence-corrected chi connectivity index (χ3v) is 4.96. The van der Waals surface area contributed by atoms with Crippen molar-refractivity contribution in [2.75, 3.05) is 0 Å². The number of fused-ring (bicyclic) bond motifs is 1. The first kappa shape index (κ1) is 14.4. The second-order valence-corrected chi connectivity index (χ2v) is 6.42. The number of aryl methyl sites for hydroxylation is 1. The van der Waals surface area contributed by atoms with Gasteiger partial charge in [0.2, 0.25) is 0 Å². The summed E-state index contributed by atoms with van der Waals surface area (Å²) in [6, 6.07) is 16.4. The number of nitrogens with zero attached hydrogens (tertiary/aromatic N) is 1. The number of hydrogen-bond acceptors (Lipinski definition) is 1. The third-order valence-electron chi connectivity index (χ3n) is 4.47. The van der Waals surface area contributed by atoms with Crippen LogP contribution in [0.4, 0.5) is 0 Å². The maximum atomic E-state index is 9.04. The molecule has 0 saturated carbocycles. The third kappa shape index (κ3) is 2.55. The molecule has 1 aliphatic carbocycles. The van der Waals surface area contributed by atoms with Crippen molar-refractivity contribution in [2.45, 2.75) is 31.1 Å². The van der Waals surface area contributed by atoms with Crippen LogP contribution < -0.4 is 0 Å². The Morgan fingerprint density at radius 2 is 1.76 bits per heavy atom. The van der Waals surface area contributed by atoms with Crippen molar-refractivity contribution in [1.29, 1.82) is 5.26 Å². The van der Waals surface area contributed by atoms with E-state index in [1.54, 1.807) is 0 Å². The summed E-state index contributed by atoms with van der Waals surface area (Å²) in [6.45, 7) is 0. The highest BCUT2D eigenvalue weighted by atomic mass is 35.5. The fourth-order valence-electron chi connectivity index (χ4n) is 3.44. The minimum absolute atomic E-state index is 0.111. The minimum atomic E-state index is -0.111. The van der Waals surface area contributed by atoms with E-state index in [1.807, 2.05) is 18.2 Å². The highest BCUT2D eigenvalue weighted by Gasteiger charge is 2.39. The smallest absolute Gasteiger partial charge is 0.0622 e. The molecule has 0 amide bonds. The van der Waals surface area contributed by atoms with Crippen LogP contribution in [0.3, 0.4) is 0 Å². The second kappa shape index (κ2) is 5.72. The Bertz CT molecular complexity index is 700.